The van der Waals surface area contributed by atoms with Gasteiger partial charge in [0, 0.05) is 12.8 Å². The van der Waals surface area contributed by atoms with Gasteiger partial charge in [0.25, 0.3) is 5.79 Å². The Labute approximate surface area is 90.5 Å². The fourth-order valence-corrected chi connectivity index (χ4v) is 1.91. The summed E-state index contributed by atoms with van der Waals surface area (Å²) in [5, 5.41) is 0. The molecule has 15 heavy (non-hydrogen) atoms. The first-order valence-corrected chi connectivity index (χ1v) is 5.39. The maximum Gasteiger partial charge on any atom is 0.253 e. The van der Waals surface area contributed by atoms with Crippen LogP contribution in [0.15, 0.2) is 42.9 Å². The van der Waals surface area contributed by atoms with Gasteiger partial charge in [-0.25, -0.2) is 0 Å². The van der Waals surface area contributed by atoms with Crippen molar-refractivity contribution in [3.05, 3.63) is 48.4 Å². The Morgan fingerprint density at radius 1 is 1.07 bits per heavy atom. The topological polar surface area (TPSA) is 18.5 Å². The zero-order valence-corrected chi connectivity index (χ0v) is 8.98. The molecule has 2 rings (SSSR count). The van der Waals surface area contributed by atoms with Crippen LogP contribution in [-0.4, -0.2) is 5.79 Å². The molecule has 1 aliphatic rings. The van der Waals surface area contributed by atoms with Gasteiger partial charge in [-0.15, -0.1) is 0 Å². The molecule has 1 aliphatic heterocycles. The molecule has 0 atom stereocenters. The van der Waals surface area contributed by atoms with Crippen LogP contribution in [0.25, 0.3) is 0 Å². The molecule has 80 valence electrons. The molecule has 1 aromatic rings. The predicted molar refractivity (Wildman–Crippen MR) is 59.1 cm³/mol. The summed E-state index contributed by atoms with van der Waals surface area (Å²) in [5.41, 5.74) is 1.25. The van der Waals surface area contributed by atoms with E-state index in [-0.39, 0.29) is 0 Å². The molecule has 2 nitrogen and oxygen atoms in total. The van der Waals surface area contributed by atoms with E-state index in [4.69, 9.17) is 9.47 Å². The number of ether oxygens (including phenoxy) is 2. The van der Waals surface area contributed by atoms with E-state index >= 15 is 0 Å². The summed E-state index contributed by atoms with van der Waals surface area (Å²) in [7, 11) is 0. The Balaban J connectivity index is 2.07. The molecule has 0 fully saturated rings. The van der Waals surface area contributed by atoms with E-state index in [1.807, 2.05) is 18.2 Å². The van der Waals surface area contributed by atoms with Crippen LogP contribution in [0.1, 0.15) is 25.3 Å². The molecule has 0 bridgehead atoms. The fraction of sp³-hybridized carbons (Fsp3) is 0.385. The van der Waals surface area contributed by atoms with E-state index in [2.05, 4.69) is 19.1 Å². The van der Waals surface area contributed by atoms with Crippen molar-refractivity contribution in [3.63, 3.8) is 0 Å². The Kier molecular flexibility index (Phi) is 2.95. The quantitative estimate of drug-likeness (QED) is 0.749. The first-order valence-electron chi connectivity index (χ1n) is 5.39. The van der Waals surface area contributed by atoms with Gasteiger partial charge in [-0.05, 0) is 12.0 Å². The van der Waals surface area contributed by atoms with Crippen molar-refractivity contribution < 1.29 is 9.47 Å². The average molecular weight is 204 g/mol. The normalized spacial score (nSPS) is 17.1. The van der Waals surface area contributed by atoms with E-state index in [1.54, 1.807) is 12.5 Å². The summed E-state index contributed by atoms with van der Waals surface area (Å²) in [6.45, 7) is 2.14. The molecule has 0 saturated carbocycles. The third-order valence-electron chi connectivity index (χ3n) is 2.57. The van der Waals surface area contributed by atoms with Gasteiger partial charge in [0.15, 0.2) is 0 Å². The Morgan fingerprint density at radius 2 is 1.73 bits per heavy atom. The van der Waals surface area contributed by atoms with E-state index in [0.29, 0.717) is 0 Å². The zero-order valence-electron chi connectivity index (χ0n) is 8.98. The second kappa shape index (κ2) is 4.39. The van der Waals surface area contributed by atoms with Crippen molar-refractivity contribution in [3.8, 4) is 0 Å². The van der Waals surface area contributed by atoms with Crippen molar-refractivity contribution in [1.82, 2.24) is 0 Å². The zero-order chi connectivity index (χ0) is 10.6. The number of hydrogen-bond acceptors (Lipinski definition) is 2. The van der Waals surface area contributed by atoms with Crippen molar-refractivity contribution in [2.24, 2.45) is 0 Å². The number of rotatable bonds is 4. The molecule has 0 aliphatic carbocycles. The number of hydrogen-bond donors (Lipinski definition) is 0. The lowest BCUT2D eigenvalue weighted by atomic mass is 10.0. The molecule has 0 spiro atoms. The van der Waals surface area contributed by atoms with Crippen molar-refractivity contribution in [2.45, 2.75) is 32.0 Å². The van der Waals surface area contributed by atoms with E-state index in [0.717, 1.165) is 19.3 Å². The van der Waals surface area contributed by atoms with Crippen LogP contribution in [-0.2, 0) is 15.9 Å². The van der Waals surface area contributed by atoms with Crippen LogP contribution in [0.4, 0.5) is 0 Å². The molecular formula is C13H16O2. The summed E-state index contributed by atoms with van der Waals surface area (Å²) >= 11 is 0. The molecular weight excluding hydrogens is 188 g/mol. The van der Waals surface area contributed by atoms with Crippen LogP contribution in [0.2, 0.25) is 0 Å². The maximum absolute atomic E-state index is 5.58. The highest BCUT2D eigenvalue weighted by Gasteiger charge is 2.34. The smallest absolute Gasteiger partial charge is 0.253 e. The third-order valence-corrected chi connectivity index (χ3v) is 2.57. The van der Waals surface area contributed by atoms with Crippen LogP contribution in [0.5, 0.6) is 0 Å². The standard InChI is InChI=1S/C13H16O2/c1-2-8-13(14-9-10-15-13)11-12-6-4-3-5-7-12/h3-7,9-10H,2,8,11H2,1H3. The van der Waals surface area contributed by atoms with Crippen LogP contribution in [0.3, 0.4) is 0 Å². The highest BCUT2D eigenvalue weighted by atomic mass is 16.7. The summed E-state index contributed by atoms with van der Waals surface area (Å²) in [5.74, 6) is -0.462. The molecule has 0 saturated heterocycles. The molecule has 2 heteroatoms. The minimum absolute atomic E-state index is 0.462. The van der Waals surface area contributed by atoms with Gasteiger partial charge in [-0.1, -0.05) is 37.3 Å². The molecule has 0 amide bonds. The van der Waals surface area contributed by atoms with Gasteiger partial charge in [0.1, 0.15) is 12.5 Å². The SMILES string of the molecule is CCCC1(Cc2ccccc2)OC=CO1. The summed E-state index contributed by atoms with van der Waals surface area (Å²) in [6.07, 6.45) is 6.04. The summed E-state index contributed by atoms with van der Waals surface area (Å²) in [6, 6.07) is 10.3. The van der Waals surface area contributed by atoms with Crippen molar-refractivity contribution >= 4 is 0 Å². The van der Waals surface area contributed by atoms with Gasteiger partial charge < -0.3 is 9.47 Å². The minimum Gasteiger partial charge on any atom is -0.456 e. The lowest BCUT2D eigenvalue weighted by molar-refractivity contribution is -0.145. The summed E-state index contributed by atoms with van der Waals surface area (Å²) in [4.78, 5) is 0. The Morgan fingerprint density at radius 3 is 2.33 bits per heavy atom. The number of benzene rings is 1. The molecule has 1 aromatic carbocycles. The Bertz CT molecular complexity index is 322. The molecule has 0 N–H and O–H groups in total. The second-order valence-electron chi connectivity index (χ2n) is 3.83. The van der Waals surface area contributed by atoms with E-state index in [1.165, 1.54) is 5.56 Å². The molecule has 0 radical (unpaired) electrons. The van der Waals surface area contributed by atoms with Crippen LogP contribution >= 0.6 is 0 Å². The van der Waals surface area contributed by atoms with Crippen LogP contribution in [0, 0.1) is 0 Å². The average Bonchev–Trinajstić information content (AvgIpc) is 2.69. The van der Waals surface area contributed by atoms with Gasteiger partial charge in [0.2, 0.25) is 0 Å². The van der Waals surface area contributed by atoms with E-state index in [9.17, 15) is 0 Å². The monoisotopic (exact) mass is 204 g/mol. The predicted octanol–water partition coefficient (Wildman–Crippen LogP) is 3.24. The van der Waals surface area contributed by atoms with E-state index < -0.39 is 5.79 Å². The Hall–Kier alpha value is -1.44. The first kappa shape index (κ1) is 10.1. The van der Waals surface area contributed by atoms with Gasteiger partial charge in [-0.3, -0.25) is 0 Å². The van der Waals surface area contributed by atoms with Gasteiger partial charge in [-0.2, -0.15) is 0 Å². The third kappa shape index (κ3) is 2.32. The van der Waals surface area contributed by atoms with Crippen molar-refractivity contribution in [2.75, 3.05) is 0 Å². The van der Waals surface area contributed by atoms with Gasteiger partial charge in [0.05, 0.1) is 0 Å². The lowest BCUT2D eigenvalue weighted by Gasteiger charge is -2.27. The maximum atomic E-state index is 5.58. The minimum atomic E-state index is -0.462. The highest BCUT2D eigenvalue weighted by molar-refractivity contribution is 5.16. The van der Waals surface area contributed by atoms with Crippen molar-refractivity contribution in [1.29, 1.82) is 0 Å². The van der Waals surface area contributed by atoms with Gasteiger partial charge >= 0.3 is 0 Å². The molecule has 0 unspecified atom stereocenters. The molecule has 0 aromatic heterocycles. The highest BCUT2D eigenvalue weighted by Crippen LogP contribution is 2.29. The first-order chi connectivity index (χ1) is 7.35. The molecule has 1 heterocycles. The summed E-state index contributed by atoms with van der Waals surface area (Å²) < 4.78 is 11.2. The second-order valence-corrected chi connectivity index (χ2v) is 3.83. The van der Waals surface area contributed by atoms with Crippen LogP contribution < -0.4 is 0 Å². The largest absolute Gasteiger partial charge is 0.456 e. The lowest BCUT2D eigenvalue weighted by Crippen LogP contribution is -2.32. The fourth-order valence-electron chi connectivity index (χ4n) is 1.91.